The van der Waals surface area contributed by atoms with Gasteiger partial charge in [0.15, 0.2) is 5.16 Å². The van der Waals surface area contributed by atoms with Crippen molar-refractivity contribution in [1.82, 2.24) is 9.55 Å². The van der Waals surface area contributed by atoms with Gasteiger partial charge in [0.05, 0.1) is 5.69 Å². The van der Waals surface area contributed by atoms with E-state index >= 15 is 0 Å². The van der Waals surface area contributed by atoms with E-state index in [0.717, 1.165) is 41.8 Å². The molecule has 1 aliphatic rings. The number of hydrogen-bond donors (Lipinski definition) is 1. The quantitative estimate of drug-likeness (QED) is 0.691. The Bertz CT molecular complexity index is 814. The van der Waals surface area contributed by atoms with E-state index in [2.05, 4.69) is 10.3 Å². The third-order valence-corrected chi connectivity index (χ3v) is 4.73. The van der Waals surface area contributed by atoms with Crippen molar-refractivity contribution in [2.24, 2.45) is 0 Å². The molecule has 6 heteroatoms. The molecule has 0 atom stereocenters. The summed E-state index contributed by atoms with van der Waals surface area (Å²) in [6, 6.07) is 7.59. The molecule has 0 bridgehead atoms. The maximum absolute atomic E-state index is 12.6. The van der Waals surface area contributed by atoms with Crippen molar-refractivity contribution in [2.75, 3.05) is 11.6 Å². The number of nitrogens with one attached hydrogen (secondary N) is 1. The minimum Gasteiger partial charge on any atom is -0.324 e. The first kappa shape index (κ1) is 15.8. The SMILES string of the molecule is CSc1nc2c(c(=O)n1CC(=O)Nc1ccccc1C)CCC2. The lowest BCUT2D eigenvalue weighted by Gasteiger charge is -2.13. The Morgan fingerprint density at radius 1 is 1.35 bits per heavy atom. The molecule has 0 unspecified atom stereocenters. The van der Waals surface area contributed by atoms with Gasteiger partial charge in [-0.3, -0.25) is 14.2 Å². The van der Waals surface area contributed by atoms with Crippen molar-refractivity contribution in [1.29, 1.82) is 0 Å². The molecule has 3 rings (SSSR count). The number of thioether (sulfide) groups is 1. The second-order valence-corrected chi connectivity index (χ2v) is 6.41. The molecule has 1 aromatic carbocycles. The Labute approximate surface area is 139 Å². The summed E-state index contributed by atoms with van der Waals surface area (Å²) in [5.74, 6) is -0.212. The molecular formula is C17H19N3O2S. The van der Waals surface area contributed by atoms with Gasteiger partial charge in [-0.25, -0.2) is 4.98 Å². The molecule has 1 aromatic heterocycles. The third-order valence-electron chi connectivity index (χ3n) is 4.06. The number of para-hydroxylation sites is 1. The number of rotatable bonds is 4. The first-order valence-corrected chi connectivity index (χ1v) is 8.84. The number of benzene rings is 1. The van der Waals surface area contributed by atoms with Gasteiger partial charge in [0, 0.05) is 11.3 Å². The predicted molar refractivity (Wildman–Crippen MR) is 92.1 cm³/mol. The highest BCUT2D eigenvalue weighted by Crippen LogP contribution is 2.20. The molecule has 1 heterocycles. The van der Waals surface area contributed by atoms with Crippen LogP contribution in [0.1, 0.15) is 23.2 Å². The van der Waals surface area contributed by atoms with E-state index in [0.29, 0.717) is 5.16 Å². The molecule has 2 aromatic rings. The highest BCUT2D eigenvalue weighted by atomic mass is 32.2. The van der Waals surface area contributed by atoms with E-state index in [9.17, 15) is 9.59 Å². The number of amides is 1. The van der Waals surface area contributed by atoms with Gasteiger partial charge in [-0.05, 0) is 44.1 Å². The Morgan fingerprint density at radius 3 is 2.87 bits per heavy atom. The Kier molecular flexibility index (Phi) is 4.52. The van der Waals surface area contributed by atoms with Gasteiger partial charge in [0.1, 0.15) is 6.54 Å². The van der Waals surface area contributed by atoms with Gasteiger partial charge in [0.25, 0.3) is 5.56 Å². The number of carbonyl (C=O) groups excluding carboxylic acids is 1. The lowest BCUT2D eigenvalue weighted by atomic mass is 10.2. The molecule has 23 heavy (non-hydrogen) atoms. The molecule has 0 aliphatic heterocycles. The fourth-order valence-electron chi connectivity index (χ4n) is 2.85. The summed E-state index contributed by atoms with van der Waals surface area (Å²) < 4.78 is 1.49. The molecule has 120 valence electrons. The van der Waals surface area contributed by atoms with Crippen LogP contribution in [0.4, 0.5) is 5.69 Å². The Morgan fingerprint density at radius 2 is 2.13 bits per heavy atom. The molecule has 0 fully saturated rings. The number of anilines is 1. The second-order valence-electron chi connectivity index (χ2n) is 5.63. The van der Waals surface area contributed by atoms with Crippen LogP contribution in [-0.4, -0.2) is 21.7 Å². The molecule has 1 aliphatic carbocycles. The summed E-state index contributed by atoms with van der Waals surface area (Å²) in [4.78, 5) is 29.5. The molecule has 1 N–H and O–H groups in total. The molecule has 0 saturated heterocycles. The van der Waals surface area contributed by atoms with Crippen LogP contribution in [-0.2, 0) is 24.2 Å². The van der Waals surface area contributed by atoms with Crippen molar-refractivity contribution in [3.05, 3.63) is 51.4 Å². The maximum Gasteiger partial charge on any atom is 0.258 e. The number of hydrogen-bond acceptors (Lipinski definition) is 4. The van der Waals surface area contributed by atoms with E-state index < -0.39 is 0 Å². The highest BCUT2D eigenvalue weighted by molar-refractivity contribution is 7.98. The molecular weight excluding hydrogens is 310 g/mol. The lowest BCUT2D eigenvalue weighted by molar-refractivity contribution is -0.116. The third kappa shape index (κ3) is 3.17. The van der Waals surface area contributed by atoms with Gasteiger partial charge in [-0.2, -0.15) is 0 Å². The predicted octanol–water partition coefficient (Wildman–Crippen LogP) is 2.40. The van der Waals surface area contributed by atoms with Gasteiger partial charge in [0.2, 0.25) is 5.91 Å². The Hall–Kier alpha value is -2.08. The zero-order valence-electron chi connectivity index (χ0n) is 13.3. The number of aromatic nitrogens is 2. The van der Waals surface area contributed by atoms with Gasteiger partial charge >= 0.3 is 0 Å². The van der Waals surface area contributed by atoms with Crippen LogP contribution in [0.5, 0.6) is 0 Å². The summed E-state index contributed by atoms with van der Waals surface area (Å²) in [7, 11) is 0. The summed E-state index contributed by atoms with van der Waals surface area (Å²) in [6.07, 6.45) is 4.45. The summed E-state index contributed by atoms with van der Waals surface area (Å²) in [5, 5.41) is 3.48. The van der Waals surface area contributed by atoms with Crippen LogP contribution in [0.3, 0.4) is 0 Å². The van der Waals surface area contributed by atoms with Gasteiger partial charge in [-0.15, -0.1) is 0 Å². The van der Waals surface area contributed by atoms with Crippen LogP contribution in [0, 0.1) is 6.92 Å². The molecule has 1 amide bonds. The normalized spacial score (nSPS) is 13.0. The van der Waals surface area contributed by atoms with E-state index in [4.69, 9.17) is 0 Å². The second kappa shape index (κ2) is 6.58. The highest BCUT2D eigenvalue weighted by Gasteiger charge is 2.21. The van der Waals surface area contributed by atoms with Crippen LogP contribution < -0.4 is 10.9 Å². The molecule has 5 nitrogen and oxygen atoms in total. The maximum atomic E-state index is 12.6. The van der Waals surface area contributed by atoms with E-state index in [1.165, 1.54) is 16.3 Å². The fourth-order valence-corrected chi connectivity index (χ4v) is 3.42. The lowest BCUT2D eigenvalue weighted by Crippen LogP contribution is -2.32. The number of fused-ring (bicyclic) bond motifs is 1. The number of nitrogens with zero attached hydrogens (tertiary/aromatic N) is 2. The Balaban J connectivity index is 1.87. The zero-order chi connectivity index (χ0) is 16.4. The average Bonchev–Trinajstić information content (AvgIpc) is 3.01. The van der Waals surface area contributed by atoms with Gasteiger partial charge in [-0.1, -0.05) is 30.0 Å². The monoisotopic (exact) mass is 329 g/mol. The van der Waals surface area contributed by atoms with Crippen LogP contribution in [0.25, 0.3) is 0 Å². The van der Waals surface area contributed by atoms with E-state index in [1.54, 1.807) is 0 Å². The molecule has 0 saturated carbocycles. The van der Waals surface area contributed by atoms with Crippen molar-refractivity contribution in [2.45, 2.75) is 37.9 Å². The van der Waals surface area contributed by atoms with Crippen molar-refractivity contribution >= 4 is 23.4 Å². The van der Waals surface area contributed by atoms with Crippen LogP contribution in [0.2, 0.25) is 0 Å². The number of aryl methyl sites for hydroxylation is 2. The van der Waals surface area contributed by atoms with Crippen molar-refractivity contribution in [3.8, 4) is 0 Å². The van der Waals surface area contributed by atoms with E-state index in [1.807, 2.05) is 37.4 Å². The first-order valence-electron chi connectivity index (χ1n) is 7.62. The van der Waals surface area contributed by atoms with Crippen LogP contribution >= 0.6 is 11.8 Å². The van der Waals surface area contributed by atoms with Gasteiger partial charge < -0.3 is 5.32 Å². The minimum absolute atomic E-state index is 0.0103. The molecule has 0 radical (unpaired) electrons. The summed E-state index contributed by atoms with van der Waals surface area (Å²) in [6.45, 7) is 1.93. The summed E-state index contributed by atoms with van der Waals surface area (Å²) in [5.41, 5.74) is 3.36. The minimum atomic E-state index is -0.212. The zero-order valence-corrected chi connectivity index (χ0v) is 14.1. The largest absolute Gasteiger partial charge is 0.324 e. The topological polar surface area (TPSA) is 64.0 Å². The fraction of sp³-hybridized carbons (Fsp3) is 0.353. The van der Waals surface area contributed by atoms with Crippen molar-refractivity contribution in [3.63, 3.8) is 0 Å². The average molecular weight is 329 g/mol. The standard InChI is InChI=1S/C17H19N3O2S/c1-11-6-3-4-8-13(11)18-15(21)10-20-16(22)12-7-5-9-14(12)19-17(20)23-2/h3-4,6,8H,5,7,9-10H2,1-2H3,(H,18,21). The number of carbonyl (C=O) groups is 1. The van der Waals surface area contributed by atoms with Crippen molar-refractivity contribution < 1.29 is 4.79 Å². The van der Waals surface area contributed by atoms with Crippen LogP contribution in [0.15, 0.2) is 34.2 Å². The molecule has 0 spiro atoms. The van der Waals surface area contributed by atoms with E-state index in [-0.39, 0.29) is 18.0 Å². The first-order chi connectivity index (χ1) is 11.1. The smallest absolute Gasteiger partial charge is 0.258 e. The summed E-state index contributed by atoms with van der Waals surface area (Å²) >= 11 is 1.40.